The van der Waals surface area contributed by atoms with Gasteiger partial charge in [0.1, 0.15) is 17.1 Å². The van der Waals surface area contributed by atoms with E-state index in [1.165, 1.54) is 9.13 Å². The Morgan fingerprint density at radius 2 is 1.68 bits per heavy atom. The molecule has 0 spiro atoms. The number of aromatic amines is 1. The van der Waals surface area contributed by atoms with Gasteiger partial charge in [-0.1, -0.05) is 13.8 Å². The fourth-order valence-electron chi connectivity index (χ4n) is 3.19. The lowest BCUT2D eigenvalue weighted by Crippen LogP contribution is -2.40. The molecule has 0 atom stereocenters. The van der Waals surface area contributed by atoms with E-state index in [0.717, 1.165) is 13.3 Å². The summed E-state index contributed by atoms with van der Waals surface area (Å²) in [5.74, 6) is -0.652. The normalized spacial score (nSPS) is 10.9. The second-order valence-corrected chi connectivity index (χ2v) is 6.95. The molecule has 0 unspecified atom stereocenters. The fraction of sp³-hybridized carbons (Fsp3) is 0.381. The first-order valence-corrected chi connectivity index (χ1v) is 10.0. The number of nitrogens with one attached hydrogen (secondary N) is 1. The van der Waals surface area contributed by atoms with Crippen LogP contribution in [0, 0.1) is 0 Å². The number of ether oxygens (including phenoxy) is 2. The second-order valence-electron chi connectivity index (χ2n) is 6.95. The van der Waals surface area contributed by atoms with Crippen molar-refractivity contribution >= 4 is 23.1 Å². The number of fused-ring (bicyclic) bond motifs is 1. The number of aryl methyl sites for hydroxylation is 1. The molecular formula is C21H24N4O6. The second kappa shape index (κ2) is 9.41. The van der Waals surface area contributed by atoms with E-state index in [9.17, 15) is 19.2 Å². The highest BCUT2D eigenvalue weighted by atomic mass is 16.6. The molecule has 3 aromatic rings. The molecule has 1 N–H and O–H groups in total. The summed E-state index contributed by atoms with van der Waals surface area (Å²) in [5, 5.41) is 0. The van der Waals surface area contributed by atoms with Gasteiger partial charge in [-0.05, 0) is 37.1 Å². The van der Waals surface area contributed by atoms with Crippen LogP contribution in [0.2, 0.25) is 0 Å². The van der Waals surface area contributed by atoms with Gasteiger partial charge in [0.2, 0.25) is 0 Å². The molecule has 1 aromatic carbocycles. The van der Waals surface area contributed by atoms with E-state index in [1.54, 1.807) is 24.3 Å². The number of nitrogens with zero attached hydrogens (tertiary/aromatic N) is 3. The molecule has 10 heteroatoms. The number of carbonyl (C=O) groups is 2. The number of benzene rings is 1. The molecule has 0 saturated heterocycles. The van der Waals surface area contributed by atoms with E-state index in [1.807, 2.05) is 13.8 Å². The van der Waals surface area contributed by atoms with Crippen molar-refractivity contribution in [3.63, 3.8) is 0 Å². The van der Waals surface area contributed by atoms with Crippen molar-refractivity contribution in [1.29, 1.82) is 0 Å². The number of rotatable bonds is 8. The van der Waals surface area contributed by atoms with Crippen molar-refractivity contribution in [2.75, 3.05) is 6.61 Å². The maximum Gasteiger partial charge on any atom is 0.351 e. The number of hydrogen-bond acceptors (Lipinski definition) is 7. The van der Waals surface area contributed by atoms with Gasteiger partial charge in [-0.3, -0.25) is 18.7 Å². The van der Waals surface area contributed by atoms with Crippen LogP contribution < -0.4 is 16.0 Å². The molecule has 3 rings (SSSR count). The van der Waals surface area contributed by atoms with Crippen molar-refractivity contribution < 1.29 is 19.1 Å². The summed E-state index contributed by atoms with van der Waals surface area (Å²) in [6.07, 6.45) is 1.38. The molecule has 2 heterocycles. The standard InChI is InChI=1S/C21H24N4O6/c1-4-10-24-19-17(20(28)25(11-5-2)21(24)29)22-18(23-19)14-6-8-15(9-7-14)30-12-16(27)31-13(3)26/h6-9H,4-5,10-12H2,1-3H3,(H,22,23). The van der Waals surface area contributed by atoms with E-state index in [0.29, 0.717) is 42.3 Å². The molecule has 0 aliphatic carbocycles. The molecule has 0 aliphatic rings. The van der Waals surface area contributed by atoms with Crippen molar-refractivity contribution in [2.45, 2.75) is 46.7 Å². The third-order valence-electron chi connectivity index (χ3n) is 4.50. The Hall–Kier alpha value is -3.69. The molecule has 0 aliphatic heterocycles. The minimum Gasteiger partial charge on any atom is -0.482 e. The predicted octanol–water partition coefficient (Wildman–Crippen LogP) is 1.84. The van der Waals surface area contributed by atoms with Crippen LogP contribution in [0.3, 0.4) is 0 Å². The molecule has 2 aromatic heterocycles. The zero-order valence-electron chi connectivity index (χ0n) is 17.6. The number of H-pyrrole nitrogens is 1. The Bertz CT molecular complexity index is 1220. The van der Waals surface area contributed by atoms with E-state index < -0.39 is 24.1 Å². The minimum absolute atomic E-state index is 0.281. The first-order valence-electron chi connectivity index (χ1n) is 10.0. The van der Waals surface area contributed by atoms with Crippen molar-refractivity contribution in [1.82, 2.24) is 19.1 Å². The fourth-order valence-corrected chi connectivity index (χ4v) is 3.19. The Kier molecular flexibility index (Phi) is 6.68. The smallest absolute Gasteiger partial charge is 0.351 e. The highest BCUT2D eigenvalue weighted by Gasteiger charge is 2.17. The monoisotopic (exact) mass is 428 g/mol. The largest absolute Gasteiger partial charge is 0.482 e. The molecule has 164 valence electrons. The van der Waals surface area contributed by atoms with Crippen LogP contribution in [-0.4, -0.2) is 37.6 Å². The van der Waals surface area contributed by atoms with Gasteiger partial charge in [-0.25, -0.2) is 14.6 Å². The summed E-state index contributed by atoms with van der Waals surface area (Å²) in [6.45, 7) is 5.38. The van der Waals surface area contributed by atoms with E-state index in [4.69, 9.17) is 4.74 Å². The van der Waals surface area contributed by atoms with Gasteiger partial charge >= 0.3 is 17.6 Å². The average Bonchev–Trinajstić information content (AvgIpc) is 3.18. The third-order valence-corrected chi connectivity index (χ3v) is 4.50. The summed E-state index contributed by atoms with van der Waals surface area (Å²) >= 11 is 0. The van der Waals surface area contributed by atoms with Gasteiger partial charge in [0.25, 0.3) is 5.56 Å². The van der Waals surface area contributed by atoms with Crippen molar-refractivity contribution in [3.8, 4) is 17.1 Å². The van der Waals surface area contributed by atoms with Crippen molar-refractivity contribution in [2.24, 2.45) is 0 Å². The van der Waals surface area contributed by atoms with Crippen LogP contribution in [0.5, 0.6) is 5.75 Å². The summed E-state index contributed by atoms with van der Waals surface area (Å²) in [6, 6.07) is 6.66. The van der Waals surface area contributed by atoms with Crippen LogP contribution in [-0.2, 0) is 27.4 Å². The number of imidazole rings is 1. The maximum absolute atomic E-state index is 12.8. The Balaban J connectivity index is 1.93. The van der Waals surface area contributed by atoms with Crippen LogP contribution >= 0.6 is 0 Å². The molecule has 31 heavy (non-hydrogen) atoms. The summed E-state index contributed by atoms with van der Waals surface area (Å²) in [5.41, 5.74) is 0.527. The first kappa shape index (κ1) is 22.0. The highest BCUT2D eigenvalue weighted by molar-refractivity contribution is 5.84. The number of hydrogen-bond donors (Lipinski definition) is 1. The topological polar surface area (TPSA) is 125 Å². The summed E-state index contributed by atoms with van der Waals surface area (Å²) in [7, 11) is 0. The van der Waals surface area contributed by atoms with Gasteiger partial charge in [0, 0.05) is 25.6 Å². The van der Waals surface area contributed by atoms with Gasteiger partial charge in [0.05, 0.1) is 0 Å². The van der Waals surface area contributed by atoms with Gasteiger partial charge in [-0.15, -0.1) is 0 Å². The zero-order chi connectivity index (χ0) is 22.5. The lowest BCUT2D eigenvalue weighted by molar-refractivity contribution is -0.159. The van der Waals surface area contributed by atoms with Gasteiger partial charge < -0.3 is 14.5 Å². The Morgan fingerprint density at radius 3 is 2.29 bits per heavy atom. The van der Waals surface area contributed by atoms with Gasteiger partial charge in [0.15, 0.2) is 12.3 Å². The number of aromatic nitrogens is 4. The molecular weight excluding hydrogens is 404 g/mol. The van der Waals surface area contributed by atoms with Gasteiger partial charge in [-0.2, -0.15) is 0 Å². The first-order chi connectivity index (χ1) is 14.8. The quantitative estimate of drug-likeness (QED) is 0.429. The highest BCUT2D eigenvalue weighted by Crippen LogP contribution is 2.21. The molecule has 10 nitrogen and oxygen atoms in total. The number of esters is 2. The van der Waals surface area contributed by atoms with Crippen LogP contribution in [0.25, 0.3) is 22.6 Å². The van der Waals surface area contributed by atoms with E-state index >= 15 is 0 Å². The Morgan fingerprint density at radius 1 is 1.03 bits per heavy atom. The van der Waals surface area contributed by atoms with Crippen LogP contribution in [0.15, 0.2) is 33.9 Å². The molecule has 0 bridgehead atoms. The summed E-state index contributed by atoms with van der Waals surface area (Å²) in [4.78, 5) is 55.3. The van der Waals surface area contributed by atoms with E-state index in [-0.39, 0.29) is 11.2 Å². The minimum atomic E-state index is -0.786. The van der Waals surface area contributed by atoms with Crippen LogP contribution in [0.1, 0.15) is 33.6 Å². The van der Waals surface area contributed by atoms with Crippen molar-refractivity contribution in [3.05, 3.63) is 45.1 Å². The molecule has 0 saturated carbocycles. The Labute approximate surface area is 177 Å². The summed E-state index contributed by atoms with van der Waals surface area (Å²) < 4.78 is 12.4. The molecule has 0 radical (unpaired) electrons. The average molecular weight is 428 g/mol. The lowest BCUT2D eigenvalue weighted by Gasteiger charge is -2.09. The molecule has 0 amide bonds. The SMILES string of the molecule is CCCn1c(=O)c2[nH]c(-c3ccc(OCC(=O)OC(C)=O)cc3)nc2n(CCC)c1=O. The molecule has 0 fully saturated rings. The van der Waals surface area contributed by atoms with Crippen LogP contribution in [0.4, 0.5) is 0 Å². The lowest BCUT2D eigenvalue weighted by atomic mass is 10.2. The predicted molar refractivity (Wildman–Crippen MR) is 113 cm³/mol. The third kappa shape index (κ3) is 4.73. The maximum atomic E-state index is 12.8. The number of carbonyl (C=O) groups excluding carboxylic acids is 2. The van der Waals surface area contributed by atoms with E-state index in [2.05, 4.69) is 14.7 Å². The zero-order valence-corrected chi connectivity index (χ0v) is 17.6.